The first-order valence-electron chi connectivity index (χ1n) is 11.9. The number of nitrogens with one attached hydrogen (secondary N) is 1. The van der Waals surface area contributed by atoms with Gasteiger partial charge in [-0.2, -0.15) is 15.5 Å². The summed E-state index contributed by atoms with van der Waals surface area (Å²) in [6.45, 7) is 6.21. The van der Waals surface area contributed by atoms with E-state index < -0.39 is 5.82 Å². The average molecular weight is 496 g/mol. The van der Waals surface area contributed by atoms with Gasteiger partial charge in [-0.1, -0.05) is 6.07 Å². The third kappa shape index (κ3) is 4.71. The number of rotatable bonds is 7. The molecule has 1 N–H and O–H groups in total. The minimum absolute atomic E-state index is 0.0143. The third-order valence-electron chi connectivity index (χ3n) is 6.23. The van der Waals surface area contributed by atoms with Crippen LogP contribution in [-0.4, -0.2) is 42.5 Å². The Morgan fingerprint density at radius 1 is 1.00 bits per heavy atom. The third-order valence-corrected chi connectivity index (χ3v) is 6.23. The van der Waals surface area contributed by atoms with E-state index in [-0.39, 0.29) is 12.1 Å². The SMILES string of the molecule is CC(C)Nc1cc(-c2ccc(N(C)[C@@H](C)c3ccc(-n4cc(F)cn4)nc3)nc2)c2c(C#N)cnn2c1. The number of hydrogen-bond acceptors (Lipinski definition) is 7. The van der Waals surface area contributed by atoms with Gasteiger partial charge in [0.15, 0.2) is 11.6 Å². The van der Waals surface area contributed by atoms with Gasteiger partial charge in [0.25, 0.3) is 0 Å². The van der Waals surface area contributed by atoms with Crippen molar-refractivity contribution in [2.45, 2.75) is 32.9 Å². The van der Waals surface area contributed by atoms with E-state index in [4.69, 9.17) is 4.98 Å². The molecule has 0 aromatic carbocycles. The van der Waals surface area contributed by atoms with Crippen LogP contribution in [0.2, 0.25) is 0 Å². The van der Waals surface area contributed by atoms with Gasteiger partial charge in [-0.3, -0.25) is 0 Å². The number of hydrogen-bond donors (Lipinski definition) is 1. The zero-order valence-corrected chi connectivity index (χ0v) is 21.0. The van der Waals surface area contributed by atoms with Gasteiger partial charge in [0.05, 0.1) is 47.6 Å². The molecule has 0 amide bonds. The molecule has 5 aromatic heterocycles. The maximum Gasteiger partial charge on any atom is 0.161 e. The minimum atomic E-state index is -0.408. The molecule has 5 rings (SSSR count). The van der Waals surface area contributed by atoms with Crippen LogP contribution in [0.15, 0.2) is 67.5 Å². The smallest absolute Gasteiger partial charge is 0.161 e. The first-order chi connectivity index (χ1) is 17.8. The number of fused-ring (bicyclic) bond motifs is 1. The van der Waals surface area contributed by atoms with E-state index in [0.717, 1.165) is 39.9 Å². The van der Waals surface area contributed by atoms with Crippen molar-refractivity contribution in [1.29, 1.82) is 5.26 Å². The van der Waals surface area contributed by atoms with Crippen molar-refractivity contribution in [3.63, 3.8) is 0 Å². The number of pyridine rings is 3. The second kappa shape index (κ2) is 9.70. The van der Waals surface area contributed by atoms with Gasteiger partial charge in [0.2, 0.25) is 0 Å². The average Bonchev–Trinajstić information content (AvgIpc) is 3.53. The fraction of sp³-hybridized carbons (Fsp3) is 0.222. The van der Waals surface area contributed by atoms with Crippen molar-refractivity contribution >= 4 is 17.0 Å². The topological polar surface area (TPSA) is 100.0 Å². The van der Waals surface area contributed by atoms with E-state index in [1.807, 2.05) is 49.8 Å². The van der Waals surface area contributed by atoms with Crippen LogP contribution in [-0.2, 0) is 0 Å². The van der Waals surface area contributed by atoms with Gasteiger partial charge in [-0.25, -0.2) is 23.6 Å². The van der Waals surface area contributed by atoms with E-state index in [1.54, 1.807) is 16.9 Å². The Labute approximate surface area is 213 Å². The number of nitriles is 1. The van der Waals surface area contributed by atoms with Crippen LogP contribution in [0, 0.1) is 17.1 Å². The summed E-state index contributed by atoms with van der Waals surface area (Å²) in [5.74, 6) is 0.923. The molecule has 0 bridgehead atoms. The molecule has 0 spiro atoms. The summed E-state index contributed by atoms with van der Waals surface area (Å²) in [5.41, 5.74) is 4.91. The van der Waals surface area contributed by atoms with Crippen LogP contribution in [0.5, 0.6) is 0 Å². The molecule has 0 fully saturated rings. The zero-order valence-electron chi connectivity index (χ0n) is 21.0. The van der Waals surface area contributed by atoms with Gasteiger partial charge in [-0.15, -0.1) is 0 Å². The van der Waals surface area contributed by atoms with E-state index in [9.17, 15) is 9.65 Å². The molecule has 0 unspecified atom stereocenters. The van der Waals surface area contributed by atoms with Crippen LogP contribution < -0.4 is 10.2 Å². The molecule has 1 atom stereocenters. The normalized spacial score (nSPS) is 12.0. The Hall–Kier alpha value is -4.78. The highest BCUT2D eigenvalue weighted by Crippen LogP contribution is 2.31. The van der Waals surface area contributed by atoms with Crippen molar-refractivity contribution in [2.24, 2.45) is 0 Å². The van der Waals surface area contributed by atoms with Gasteiger partial charge in [-0.05, 0) is 50.6 Å². The maximum atomic E-state index is 13.3. The van der Waals surface area contributed by atoms with Crippen molar-refractivity contribution < 1.29 is 4.39 Å². The first kappa shape index (κ1) is 23.9. The van der Waals surface area contributed by atoms with E-state index >= 15 is 0 Å². The molecule has 0 aliphatic heterocycles. The summed E-state index contributed by atoms with van der Waals surface area (Å²) < 4.78 is 16.4. The molecule has 5 aromatic rings. The number of aromatic nitrogens is 6. The van der Waals surface area contributed by atoms with Crippen LogP contribution in [0.4, 0.5) is 15.9 Å². The predicted octanol–water partition coefficient (Wildman–Crippen LogP) is 5.01. The quantitative estimate of drug-likeness (QED) is 0.339. The maximum absolute atomic E-state index is 13.3. The molecule has 9 nitrogen and oxygen atoms in total. The van der Waals surface area contributed by atoms with E-state index in [0.29, 0.717) is 11.4 Å². The fourth-order valence-corrected chi connectivity index (χ4v) is 4.22. The Morgan fingerprint density at radius 2 is 1.84 bits per heavy atom. The molecule has 0 aliphatic rings. The highest BCUT2D eigenvalue weighted by atomic mass is 19.1. The Bertz CT molecular complexity index is 1580. The van der Waals surface area contributed by atoms with Crippen molar-refractivity contribution in [3.8, 4) is 23.0 Å². The molecule has 37 heavy (non-hydrogen) atoms. The highest BCUT2D eigenvalue weighted by Gasteiger charge is 2.17. The lowest BCUT2D eigenvalue weighted by Gasteiger charge is -2.26. The lowest BCUT2D eigenvalue weighted by molar-refractivity contribution is 0.627. The summed E-state index contributed by atoms with van der Waals surface area (Å²) in [5, 5.41) is 21.3. The van der Waals surface area contributed by atoms with Gasteiger partial charge >= 0.3 is 0 Å². The van der Waals surface area contributed by atoms with Crippen molar-refractivity contribution in [3.05, 3.63) is 84.5 Å². The Morgan fingerprint density at radius 3 is 2.46 bits per heavy atom. The number of nitrogens with zero attached hydrogens (tertiary/aromatic N) is 8. The molecule has 10 heteroatoms. The van der Waals surface area contributed by atoms with Crippen LogP contribution in [0.3, 0.4) is 0 Å². The van der Waals surface area contributed by atoms with Crippen LogP contribution in [0.1, 0.15) is 37.9 Å². The van der Waals surface area contributed by atoms with Gasteiger partial charge < -0.3 is 10.2 Å². The largest absolute Gasteiger partial charge is 0.382 e. The highest BCUT2D eigenvalue weighted by molar-refractivity contribution is 5.86. The molecular formula is C27H26FN9. The first-order valence-corrected chi connectivity index (χ1v) is 11.9. The summed E-state index contributed by atoms with van der Waals surface area (Å²) in [6, 6.07) is 12.2. The summed E-state index contributed by atoms with van der Waals surface area (Å²) in [7, 11) is 1.97. The summed E-state index contributed by atoms with van der Waals surface area (Å²) in [6.07, 6.45) is 9.48. The van der Waals surface area contributed by atoms with Gasteiger partial charge in [0.1, 0.15) is 11.9 Å². The van der Waals surface area contributed by atoms with Crippen molar-refractivity contribution in [2.75, 3.05) is 17.3 Å². The second-order valence-electron chi connectivity index (χ2n) is 9.15. The Kier molecular flexibility index (Phi) is 6.27. The Balaban J connectivity index is 1.41. The summed E-state index contributed by atoms with van der Waals surface area (Å²) >= 11 is 0. The van der Waals surface area contributed by atoms with E-state index in [1.165, 1.54) is 10.9 Å². The summed E-state index contributed by atoms with van der Waals surface area (Å²) in [4.78, 5) is 11.2. The molecule has 186 valence electrons. The standard InChI is InChI=1S/C27H26FN9/c1-17(2)34-23-9-24(27-21(10-29)13-32-37(27)16-23)20-6-7-25(30-12-20)35(4)18(3)19-5-8-26(31-11-19)36-15-22(28)14-33-36/h5-9,11-18,34H,1-4H3/t18-/m0/s1. The predicted molar refractivity (Wildman–Crippen MR) is 140 cm³/mol. The molecule has 5 heterocycles. The number of halogens is 1. The fourth-order valence-electron chi connectivity index (χ4n) is 4.22. The molecule has 0 saturated carbocycles. The van der Waals surface area contributed by atoms with Gasteiger partial charge in [0, 0.05) is 36.6 Å². The number of anilines is 2. The van der Waals surface area contributed by atoms with Crippen molar-refractivity contribution in [1.82, 2.24) is 29.4 Å². The molecule has 0 aliphatic carbocycles. The monoisotopic (exact) mass is 495 g/mol. The molecule has 0 saturated heterocycles. The van der Waals surface area contributed by atoms with Crippen LogP contribution >= 0.6 is 0 Å². The lowest BCUT2D eigenvalue weighted by atomic mass is 10.0. The second-order valence-corrected chi connectivity index (χ2v) is 9.15. The molecular weight excluding hydrogens is 469 g/mol. The van der Waals surface area contributed by atoms with Crippen LogP contribution in [0.25, 0.3) is 22.5 Å². The minimum Gasteiger partial charge on any atom is -0.382 e. The zero-order chi connectivity index (χ0) is 26.1. The van der Waals surface area contributed by atoms with E-state index in [2.05, 4.69) is 52.2 Å². The lowest BCUT2D eigenvalue weighted by Crippen LogP contribution is -2.22. The molecule has 0 radical (unpaired) electrons.